The number of aldehydes is 1. The second-order valence-corrected chi connectivity index (χ2v) is 8.94. The molecule has 2 N–H and O–H groups in total. The van der Waals surface area contributed by atoms with Crippen molar-refractivity contribution < 1.29 is 23.9 Å². The standard InChI is InChI=1S/C23H30N4O5/c1-15-11-17(5-6-18(15)26-21(29)20-19(12-28)24-14-25-20)31-13-16-7-9-27(10-8-16)22(30)32-23(2,3)4/h5-6,11-12,14,16H,7-10,13H2,1-4H3,(H,24,25)(H,26,29). The number of imidazole rings is 1. The molecular formula is C23H30N4O5. The summed E-state index contributed by atoms with van der Waals surface area (Å²) in [7, 11) is 0. The fourth-order valence-corrected chi connectivity index (χ4v) is 3.45. The highest BCUT2D eigenvalue weighted by Gasteiger charge is 2.27. The SMILES string of the molecule is Cc1cc(OCC2CCN(C(=O)OC(C)(C)C)CC2)ccc1NC(=O)c1nc[nH]c1C=O. The smallest absolute Gasteiger partial charge is 0.410 e. The molecule has 1 saturated heterocycles. The van der Waals surface area contributed by atoms with Gasteiger partial charge in [0.2, 0.25) is 0 Å². The van der Waals surface area contributed by atoms with Crippen LogP contribution in [0, 0.1) is 12.8 Å². The Labute approximate surface area is 187 Å². The number of piperidine rings is 1. The summed E-state index contributed by atoms with van der Waals surface area (Å²) >= 11 is 0. The van der Waals surface area contributed by atoms with Crippen molar-refractivity contribution in [3.63, 3.8) is 0 Å². The Balaban J connectivity index is 1.49. The minimum Gasteiger partial charge on any atom is -0.493 e. The summed E-state index contributed by atoms with van der Waals surface area (Å²) in [4.78, 5) is 43.8. The molecule has 9 heteroatoms. The van der Waals surface area contributed by atoms with Gasteiger partial charge in [0.25, 0.3) is 5.91 Å². The fourth-order valence-electron chi connectivity index (χ4n) is 3.45. The van der Waals surface area contributed by atoms with E-state index in [0.717, 1.165) is 18.4 Å². The molecule has 0 unspecified atom stereocenters. The first kappa shape index (κ1) is 23.3. The number of nitrogens with one attached hydrogen (secondary N) is 2. The number of aromatic nitrogens is 2. The van der Waals surface area contributed by atoms with E-state index >= 15 is 0 Å². The number of carbonyl (C=O) groups is 3. The lowest BCUT2D eigenvalue weighted by molar-refractivity contribution is 0.0164. The Morgan fingerprint density at radius 2 is 2.00 bits per heavy atom. The molecule has 172 valence electrons. The van der Waals surface area contributed by atoms with Crippen LogP contribution in [0.5, 0.6) is 5.75 Å². The van der Waals surface area contributed by atoms with Crippen molar-refractivity contribution in [3.05, 3.63) is 41.5 Å². The number of amides is 2. The van der Waals surface area contributed by atoms with Gasteiger partial charge in [0.05, 0.1) is 12.9 Å². The van der Waals surface area contributed by atoms with Crippen LogP contribution in [0.4, 0.5) is 10.5 Å². The van der Waals surface area contributed by atoms with Gasteiger partial charge in [-0.25, -0.2) is 9.78 Å². The first-order valence-electron chi connectivity index (χ1n) is 10.7. The van der Waals surface area contributed by atoms with Gasteiger partial charge in [-0.1, -0.05) is 0 Å². The van der Waals surface area contributed by atoms with E-state index in [4.69, 9.17) is 9.47 Å². The van der Waals surface area contributed by atoms with Gasteiger partial charge in [0, 0.05) is 18.8 Å². The number of nitrogens with zero attached hydrogens (tertiary/aromatic N) is 2. The Morgan fingerprint density at radius 3 is 2.62 bits per heavy atom. The number of ether oxygens (including phenoxy) is 2. The van der Waals surface area contributed by atoms with Gasteiger partial charge >= 0.3 is 6.09 Å². The van der Waals surface area contributed by atoms with Crippen LogP contribution in [0.2, 0.25) is 0 Å². The molecule has 3 rings (SSSR count). The number of anilines is 1. The second kappa shape index (κ2) is 9.84. The number of H-pyrrole nitrogens is 1. The summed E-state index contributed by atoms with van der Waals surface area (Å²) in [5, 5.41) is 2.77. The number of carbonyl (C=O) groups excluding carboxylic acids is 3. The lowest BCUT2D eigenvalue weighted by Crippen LogP contribution is -2.42. The van der Waals surface area contributed by atoms with E-state index in [0.29, 0.717) is 43.3 Å². The number of hydrogen-bond acceptors (Lipinski definition) is 6. The van der Waals surface area contributed by atoms with E-state index in [-0.39, 0.29) is 17.5 Å². The van der Waals surface area contributed by atoms with E-state index in [1.165, 1.54) is 6.33 Å². The number of aryl methyl sites for hydroxylation is 1. The third-order valence-electron chi connectivity index (χ3n) is 5.20. The number of benzene rings is 1. The van der Waals surface area contributed by atoms with Crippen LogP contribution < -0.4 is 10.1 Å². The monoisotopic (exact) mass is 442 g/mol. The molecular weight excluding hydrogens is 412 g/mol. The molecule has 1 aliphatic rings. The summed E-state index contributed by atoms with van der Waals surface area (Å²) in [5.41, 5.74) is 1.15. The van der Waals surface area contributed by atoms with Crippen LogP contribution in [0.3, 0.4) is 0 Å². The molecule has 9 nitrogen and oxygen atoms in total. The zero-order chi connectivity index (χ0) is 23.3. The molecule has 2 heterocycles. The molecule has 1 aromatic carbocycles. The minimum atomic E-state index is -0.491. The van der Waals surface area contributed by atoms with Crippen LogP contribution in [0.1, 0.15) is 60.2 Å². The molecule has 0 radical (unpaired) electrons. The van der Waals surface area contributed by atoms with Crippen molar-refractivity contribution in [3.8, 4) is 5.75 Å². The summed E-state index contributed by atoms with van der Waals surface area (Å²) in [5.74, 6) is 0.611. The Kier molecular flexibility index (Phi) is 7.17. The normalized spacial score (nSPS) is 14.7. The molecule has 2 aromatic rings. The summed E-state index contributed by atoms with van der Waals surface area (Å²) in [6, 6.07) is 5.42. The highest BCUT2D eigenvalue weighted by atomic mass is 16.6. The highest BCUT2D eigenvalue weighted by Crippen LogP contribution is 2.25. The first-order chi connectivity index (χ1) is 15.2. The van der Waals surface area contributed by atoms with E-state index < -0.39 is 11.5 Å². The summed E-state index contributed by atoms with van der Waals surface area (Å²) in [6.07, 6.45) is 3.31. The van der Waals surface area contributed by atoms with E-state index in [2.05, 4.69) is 15.3 Å². The predicted molar refractivity (Wildman–Crippen MR) is 119 cm³/mol. The second-order valence-electron chi connectivity index (χ2n) is 8.94. The van der Waals surface area contributed by atoms with Crippen molar-refractivity contribution in [2.45, 2.75) is 46.1 Å². The van der Waals surface area contributed by atoms with Crippen molar-refractivity contribution in [1.29, 1.82) is 0 Å². The van der Waals surface area contributed by atoms with E-state index in [9.17, 15) is 14.4 Å². The fraction of sp³-hybridized carbons (Fsp3) is 0.478. The molecule has 1 aliphatic heterocycles. The van der Waals surface area contributed by atoms with Gasteiger partial charge < -0.3 is 24.7 Å². The Bertz CT molecular complexity index is 971. The maximum Gasteiger partial charge on any atom is 0.410 e. The maximum atomic E-state index is 12.4. The Morgan fingerprint density at radius 1 is 1.28 bits per heavy atom. The van der Waals surface area contributed by atoms with Crippen molar-refractivity contribution >= 4 is 24.0 Å². The average molecular weight is 443 g/mol. The van der Waals surface area contributed by atoms with Gasteiger partial charge in [0.15, 0.2) is 12.0 Å². The Hall–Kier alpha value is -3.36. The number of likely N-dealkylation sites (tertiary alicyclic amines) is 1. The van der Waals surface area contributed by atoms with Crippen LogP contribution in [-0.4, -0.2) is 58.5 Å². The number of rotatable bonds is 6. The third kappa shape index (κ3) is 6.09. The van der Waals surface area contributed by atoms with Crippen LogP contribution in [0.15, 0.2) is 24.5 Å². The molecule has 0 spiro atoms. The highest BCUT2D eigenvalue weighted by molar-refractivity contribution is 6.07. The lowest BCUT2D eigenvalue weighted by atomic mass is 9.98. The topological polar surface area (TPSA) is 114 Å². The van der Waals surface area contributed by atoms with Crippen LogP contribution in [-0.2, 0) is 4.74 Å². The molecule has 1 aromatic heterocycles. The molecule has 1 fully saturated rings. The largest absolute Gasteiger partial charge is 0.493 e. The molecule has 0 atom stereocenters. The lowest BCUT2D eigenvalue weighted by Gasteiger charge is -2.33. The molecule has 0 aliphatic carbocycles. The third-order valence-corrected chi connectivity index (χ3v) is 5.20. The van der Waals surface area contributed by atoms with Crippen molar-refractivity contribution in [2.24, 2.45) is 5.92 Å². The quantitative estimate of drug-likeness (QED) is 0.658. The molecule has 0 bridgehead atoms. The summed E-state index contributed by atoms with van der Waals surface area (Å²) in [6.45, 7) is 9.33. The molecule has 0 saturated carbocycles. The van der Waals surface area contributed by atoms with Crippen LogP contribution >= 0.6 is 0 Å². The van der Waals surface area contributed by atoms with Gasteiger partial charge in [0.1, 0.15) is 17.0 Å². The predicted octanol–water partition coefficient (Wildman–Crippen LogP) is 3.81. The zero-order valence-corrected chi connectivity index (χ0v) is 18.9. The number of hydrogen-bond donors (Lipinski definition) is 2. The van der Waals surface area contributed by atoms with Gasteiger partial charge in [-0.2, -0.15) is 0 Å². The van der Waals surface area contributed by atoms with Gasteiger partial charge in [-0.05, 0) is 70.2 Å². The summed E-state index contributed by atoms with van der Waals surface area (Å²) < 4.78 is 11.4. The van der Waals surface area contributed by atoms with Gasteiger partial charge in [-0.15, -0.1) is 0 Å². The van der Waals surface area contributed by atoms with E-state index in [1.807, 2.05) is 33.8 Å². The van der Waals surface area contributed by atoms with Gasteiger partial charge in [-0.3, -0.25) is 9.59 Å². The molecule has 2 amide bonds. The molecule has 32 heavy (non-hydrogen) atoms. The minimum absolute atomic E-state index is 0.0532. The first-order valence-corrected chi connectivity index (χ1v) is 10.7. The maximum absolute atomic E-state index is 12.4. The average Bonchev–Trinajstić information content (AvgIpc) is 3.22. The number of aromatic amines is 1. The van der Waals surface area contributed by atoms with Crippen LogP contribution in [0.25, 0.3) is 0 Å². The van der Waals surface area contributed by atoms with Crippen molar-refractivity contribution in [1.82, 2.24) is 14.9 Å². The van der Waals surface area contributed by atoms with E-state index in [1.54, 1.807) is 17.0 Å². The van der Waals surface area contributed by atoms with Crippen molar-refractivity contribution in [2.75, 3.05) is 25.0 Å². The zero-order valence-electron chi connectivity index (χ0n) is 18.9.